The van der Waals surface area contributed by atoms with Crippen LogP contribution < -0.4 is 21.3 Å². The van der Waals surface area contributed by atoms with E-state index in [1.807, 2.05) is 10.8 Å². The number of imidazole rings is 1. The number of nitrogen functional groups attached to an aromatic ring is 1. The first-order valence-electron chi connectivity index (χ1n) is 12.6. The number of anilines is 3. The molecule has 210 valence electrons. The molecule has 10 nitrogen and oxygen atoms in total. The van der Waals surface area contributed by atoms with Crippen LogP contribution in [0.3, 0.4) is 0 Å². The first-order chi connectivity index (χ1) is 19.6. The fourth-order valence-corrected chi connectivity index (χ4v) is 5.51. The number of nitrogens with one attached hydrogen (secondary N) is 2. The molecule has 1 amide bonds. The highest BCUT2D eigenvalue weighted by Gasteiger charge is 2.46. The van der Waals surface area contributed by atoms with Crippen molar-refractivity contribution in [2.75, 3.05) is 35.6 Å². The molecule has 2 fully saturated rings. The summed E-state index contributed by atoms with van der Waals surface area (Å²) in [6, 6.07) is 5.11. The van der Waals surface area contributed by atoms with Crippen molar-refractivity contribution >= 4 is 34.9 Å². The van der Waals surface area contributed by atoms with Gasteiger partial charge in [0.1, 0.15) is 40.3 Å². The van der Waals surface area contributed by atoms with E-state index >= 15 is 4.39 Å². The lowest BCUT2D eigenvalue weighted by Crippen LogP contribution is -2.29. The lowest BCUT2D eigenvalue weighted by Gasteiger charge is -2.23. The van der Waals surface area contributed by atoms with Gasteiger partial charge in [-0.05, 0) is 43.2 Å². The molecule has 0 aliphatic carbocycles. The Kier molecular flexibility index (Phi) is 6.14. The van der Waals surface area contributed by atoms with Crippen LogP contribution in [-0.4, -0.2) is 50.8 Å². The normalized spacial score (nSPS) is 18.6. The average molecular weight is 567 g/mol. The predicted octanol–water partition coefficient (Wildman–Crippen LogP) is 3.69. The fourth-order valence-electron chi connectivity index (χ4n) is 5.51. The molecule has 5 heterocycles. The van der Waals surface area contributed by atoms with E-state index in [4.69, 9.17) is 10.7 Å². The topological polar surface area (TPSA) is 131 Å². The third-order valence-corrected chi connectivity index (χ3v) is 7.55. The van der Waals surface area contributed by atoms with Gasteiger partial charge in [0.2, 0.25) is 5.95 Å². The van der Waals surface area contributed by atoms with Crippen LogP contribution in [0.15, 0.2) is 54.6 Å². The molecule has 6 rings (SSSR count). The second kappa shape index (κ2) is 9.59. The van der Waals surface area contributed by atoms with Crippen molar-refractivity contribution in [1.82, 2.24) is 24.7 Å². The molecule has 1 atom stereocenters. The molecule has 14 heteroatoms. The minimum absolute atomic E-state index is 0.0483. The second-order valence-electron chi connectivity index (χ2n) is 9.97. The number of amides is 1. The SMILES string of the molecule is Nc1nccn2c(N3CCC4(CCNC4=C=O)C3)nc(-c3ccc(C(=O)Nc4cc(C(F)(F)F)ccn4)cc3F)c12. The zero-order valence-corrected chi connectivity index (χ0v) is 21.3. The van der Waals surface area contributed by atoms with Gasteiger partial charge in [-0.25, -0.2) is 24.1 Å². The van der Waals surface area contributed by atoms with Gasteiger partial charge in [-0.3, -0.25) is 9.20 Å². The molecule has 1 unspecified atom stereocenters. The van der Waals surface area contributed by atoms with Crippen LogP contribution in [-0.2, 0) is 11.0 Å². The molecule has 4 aromatic rings. The summed E-state index contributed by atoms with van der Waals surface area (Å²) in [5.41, 5.74) is 5.87. The Hall–Kier alpha value is -4.97. The van der Waals surface area contributed by atoms with Crippen molar-refractivity contribution in [3.8, 4) is 11.3 Å². The number of fused-ring (bicyclic) bond motifs is 1. The van der Waals surface area contributed by atoms with Gasteiger partial charge in [0.15, 0.2) is 0 Å². The molecular formula is C27H22F4N8O2. The zero-order valence-electron chi connectivity index (χ0n) is 21.3. The summed E-state index contributed by atoms with van der Waals surface area (Å²) in [6.07, 6.45) is 0.965. The van der Waals surface area contributed by atoms with E-state index in [0.717, 1.165) is 24.8 Å². The van der Waals surface area contributed by atoms with Crippen LogP contribution in [0.4, 0.5) is 35.1 Å². The summed E-state index contributed by atoms with van der Waals surface area (Å²) < 4.78 is 56.2. The van der Waals surface area contributed by atoms with Crippen molar-refractivity contribution in [1.29, 1.82) is 0 Å². The lowest BCUT2D eigenvalue weighted by molar-refractivity contribution is -0.137. The monoisotopic (exact) mass is 566 g/mol. The molecule has 2 aliphatic rings. The molecule has 0 bridgehead atoms. The van der Waals surface area contributed by atoms with Gasteiger partial charge in [0.25, 0.3) is 5.91 Å². The molecule has 0 radical (unpaired) electrons. The van der Waals surface area contributed by atoms with Crippen molar-refractivity contribution in [2.24, 2.45) is 5.41 Å². The number of nitrogens with zero attached hydrogens (tertiary/aromatic N) is 5. The maximum Gasteiger partial charge on any atom is 0.416 e. The number of halogens is 4. The second-order valence-corrected chi connectivity index (χ2v) is 9.97. The molecular weight excluding hydrogens is 544 g/mol. The van der Waals surface area contributed by atoms with E-state index in [2.05, 4.69) is 20.6 Å². The Bertz CT molecular complexity index is 1750. The molecule has 41 heavy (non-hydrogen) atoms. The van der Waals surface area contributed by atoms with E-state index in [0.29, 0.717) is 49.3 Å². The summed E-state index contributed by atoms with van der Waals surface area (Å²) in [5.74, 6) is 0.670. The first-order valence-corrected chi connectivity index (χ1v) is 12.6. The third-order valence-electron chi connectivity index (χ3n) is 7.55. The lowest BCUT2D eigenvalue weighted by atomic mass is 9.84. The van der Waals surface area contributed by atoms with Crippen molar-refractivity contribution in [3.63, 3.8) is 0 Å². The smallest absolute Gasteiger partial charge is 0.382 e. The van der Waals surface area contributed by atoms with Gasteiger partial charge >= 0.3 is 6.18 Å². The number of carbonyl (C=O) groups excluding carboxylic acids is 2. The van der Waals surface area contributed by atoms with Gasteiger partial charge in [-0.15, -0.1) is 0 Å². The molecule has 1 aromatic carbocycles. The largest absolute Gasteiger partial charge is 0.416 e. The highest BCUT2D eigenvalue weighted by molar-refractivity contribution is 6.04. The van der Waals surface area contributed by atoms with E-state index in [1.165, 1.54) is 18.3 Å². The van der Waals surface area contributed by atoms with E-state index in [1.54, 1.807) is 10.6 Å². The van der Waals surface area contributed by atoms with Crippen molar-refractivity contribution in [2.45, 2.75) is 19.0 Å². The quantitative estimate of drug-likeness (QED) is 0.252. The highest BCUT2D eigenvalue weighted by atomic mass is 19.4. The van der Waals surface area contributed by atoms with Crippen LogP contribution in [0.2, 0.25) is 0 Å². The minimum atomic E-state index is -4.61. The maximum absolute atomic E-state index is 15.5. The Morgan fingerprint density at radius 1 is 1.15 bits per heavy atom. The minimum Gasteiger partial charge on any atom is -0.382 e. The molecule has 2 aliphatic heterocycles. The van der Waals surface area contributed by atoms with Crippen molar-refractivity contribution in [3.05, 3.63) is 71.6 Å². The van der Waals surface area contributed by atoms with Gasteiger partial charge in [-0.1, -0.05) is 0 Å². The van der Waals surface area contributed by atoms with Crippen LogP contribution in [0, 0.1) is 11.2 Å². The summed E-state index contributed by atoms with van der Waals surface area (Å²) in [5, 5.41) is 5.37. The molecule has 0 saturated carbocycles. The Morgan fingerprint density at radius 3 is 2.73 bits per heavy atom. The standard InChI is InChI=1S/C27H22F4N8O2/c28-18-11-15(24(41)36-20-12-16(3-6-34-20)27(29,30)31)1-2-17(18)21-22-23(32)35-8-10-39(22)25(37-21)38-9-5-26(14-38)4-7-33-19(26)13-40/h1-3,6,8,10-12,33H,4-5,7,9,14H2,(H2,32,35)(H,34,36,41). The summed E-state index contributed by atoms with van der Waals surface area (Å²) >= 11 is 0. The van der Waals surface area contributed by atoms with E-state index in [9.17, 15) is 22.8 Å². The highest BCUT2D eigenvalue weighted by Crippen LogP contribution is 2.44. The first kappa shape index (κ1) is 26.3. The molecule has 1 spiro atoms. The summed E-state index contributed by atoms with van der Waals surface area (Å²) in [7, 11) is 0. The third kappa shape index (κ3) is 4.51. The summed E-state index contributed by atoms with van der Waals surface area (Å²) in [4.78, 5) is 38.8. The number of hydrogen-bond acceptors (Lipinski definition) is 8. The molecule has 2 saturated heterocycles. The van der Waals surface area contributed by atoms with Gasteiger partial charge in [0, 0.05) is 54.8 Å². The van der Waals surface area contributed by atoms with Gasteiger partial charge in [0.05, 0.1) is 5.56 Å². The Balaban J connectivity index is 1.32. The number of rotatable bonds is 4. The van der Waals surface area contributed by atoms with Crippen LogP contribution in [0.25, 0.3) is 16.8 Å². The number of aromatic nitrogens is 4. The number of hydrogen-bond donors (Lipinski definition) is 3. The number of alkyl halides is 3. The Labute approximate surface area is 229 Å². The number of benzene rings is 1. The number of nitrogens with two attached hydrogens (primary N) is 1. The van der Waals surface area contributed by atoms with Crippen LogP contribution >= 0.6 is 0 Å². The maximum atomic E-state index is 15.5. The molecule has 3 aromatic heterocycles. The van der Waals surface area contributed by atoms with Crippen molar-refractivity contribution < 1.29 is 27.2 Å². The van der Waals surface area contributed by atoms with E-state index in [-0.39, 0.29) is 33.9 Å². The average Bonchev–Trinajstić information content (AvgIpc) is 3.66. The summed E-state index contributed by atoms with van der Waals surface area (Å²) in [6.45, 7) is 1.78. The van der Waals surface area contributed by atoms with E-state index < -0.39 is 23.5 Å². The number of carbonyl (C=O) groups is 1. The Morgan fingerprint density at radius 2 is 1.98 bits per heavy atom. The zero-order chi connectivity index (χ0) is 28.9. The fraction of sp³-hybridized carbons (Fsp3) is 0.259. The van der Waals surface area contributed by atoms with Crippen LogP contribution in [0.5, 0.6) is 0 Å². The van der Waals surface area contributed by atoms with Crippen LogP contribution in [0.1, 0.15) is 28.8 Å². The van der Waals surface area contributed by atoms with Gasteiger partial charge in [-0.2, -0.15) is 13.2 Å². The van der Waals surface area contributed by atoms with Gasteiger partial charge < -0.3 is 21.3 Å². The molecule has 4 N–H and O–H groups in total. The number of pyridine rings is 1. The predicted molar refractivity (Wildman–Crippen MR) is 141 cm³/mol.